The van der Waals surface area contributed by atoms with E-state index in [0.29, 0.717) is 0 Å². The van der Waals surface area contributed by atoms with Gasteiger partial charge in [-0.05, 0) is 32.4 Å². The quantitative estimate of drug-likeness (QED) is 0.338. The van der Waals surface area contributed by atoms with Gasteiger partial charge in [0, 0.05) is 0 Å². The minimum Gasteiger partial charge on any atom is -0.330 e. The SMILES string of the molecule is CCCCC(Cl)NCCCCCCN. The topological polar surface area (TPSA) is 38.0 Å². The molecule has 0 aliphatic rings. The molecule has 0 spiro atoms. The van der Waals surface area contributed by atoms with Gasteiger partial charge in [-0.2, -0.15) is 0 Å². The highest BCUT2D eigenvalue weighted by atomic mass is 35.5. The van der Waals surface area contributed by atoms with Crippen molar-refractivity contribution < 1.29 is 0 Å². The average Bonchev–Trinajstić information content (AvgIpc) is 2.20. The molecular weight excluding hydrogens is 196 g/mol. The van der Waals surface area contributed by atoms with Gasteiger partial charge >= 0.3 is 0 Å². The monoisotopic (exact) mass is 220 g/mol. The molecule has 0 rings (SSSR count). The van der Waals surface area contributed by atoms with Crippen LogP contribution in [0.3, 0.4) is 0 Å². The molecule has 3 heteroatoms. The molecule has 0 saturated carbocycles. The highest BCUT2D eigenvalue weighted by molar-refractivity contribution is 6.20. The number of alkyl halides is 1. The molecule has 0 aromatic heterocycles. The predicted octanol–water partition coefficient (Wildman–Crippen LogP) is 2.85. The lowest BCUT2D eigenvalue weighted by molar-refractivity contribution is 0.540. The van der Waals surface area contributed by atoms with Gasteiger partial charge in [-0.3, -0.25) is 0 Å². The number of rotatable bonds is 10. The lowest BCUT2D eigenvalue weighted by Crippen LogP contribution is -2.24. The first-order chi connectivity index (χ1) is 6.81. The Labute approximate surface area is 93.6 Å². The van der Waals surface area contributed by atoms with Crippen LogP contribution in [0, 0.1) is 0 Å². The van der Waals surface area contributed by atoms with Gasteiger partial charge in [0.1, 0.15) is 0 Å². The van der Waals surface area contributed by atoms with Crippen molar-refractivity contribution in [2.24, 2.45) is 5.73 Å². The molecule has 86 valence electrons. The Morgan fingerprint density at radius 2 is 1.86 bits per heavy atom. The molecule has 0 heterocycles. The smallest absolute Gasteiger partial charge is 0.0825 e. The van der Waals surface area contributed by atoms with Crippen LogP contribution in [0.4, 0.5) is 0 Å². The fourth-order valence-corrected chi connectivity index (χ4v) is 1.63. The molecule has 0 aliphatic carbocycles. The van der Waals surface area contributed by atoms with E-state index in [1.807, 2.05) is 0 Å². The van der Waals surface area contributed by atoms with Crippen LogP contribution in [-0.4, -0.2) is 18.6 Å². The van der Waals surface area contributed by atoms with E-state index in [1.54, 1.807) is 0 Å². The number of nitrogens with two attached hydrogens (primary N) is 1. The third-order valence-corrected chi connectivity index (χ3v) is 2.68. The van der Waals surface area contributed by atoms with Crippen molar-refractivity contribution in [2.45, 2.75) is 57.4 Å². The molecule has 0 saturated heterocycles. The number of halogens is 1. The largest absolute Gasteiger partial charge is 0.330 e. The van der Waals surface area contributed by atoms with Gasteiger partial charge in [-0.1, -0.05) is 32.6 Å². The minimum absolute atomic E-state index is 0.171. The molecule has 1 unspecified atom stereocenters. The zero-order valence-electron chi connectivity index (χ0n) is 9.40. The summed E-state index contributed by atoms with van der Waals surface area (Å²) in [4.78, 5) is 0. The zero-order valence-corrected chi connectivity index (χ0v) is 10.2. The van der Waals surface area contributed by atoms with Gasteiger partial charge in [0.25, 0.3) is 0 Å². The van der Waals surface area contributed by atoms with Crippen molar-refractivity contribution in [1.82, 2.24) is 5.32 Å². The summed E-state index contributed by atoms with van der Waals surface area (Å²) in [6, 6.07) is 0. The summed E-state index contributed by atoms with van der Waals surface area (Å²) >= 11 is 6.07. The van der Waals surface area contributed by atoms with Crippen LogP contribution in [0.2, 0.25) is 0 Å². The molecule has 1 atom stereocenters. The van der Waals surface area contributed by atoms with Gasteiger partial charge in [-0.25, -0.2) is 0 Å². The van der Waals surface area contributed by atoms with Crippen molar-refractivity contribution in [3.05, 3.63) is 0 Å². The third-order valence-electron chi connectivity index (χ3n) is 2.31. The van der Waals surface area contributed by atoms with Crippen molar-refractivity contribution in [3.63, 3.8) is 0 Å². The maximum atomic E-state index is 6.07. The van der Waals surface area contributed by atoms with E-state index in [0.717, 1.165) is 25.9 Å². The molecule has 0 radical (unpaired) electrons. The summed E-state index contributed by atoms with van der Waals surface area (Å²) in [5.41, 5.74) is 5.58. The van der Waals surface area contributed by atoms with E-state index >= 15 is 0 Å². The normalized spacial score (nSPS) is 13.1. The molecule has 0 fully saturated rings. The molecule has 0 aromatic rings. The number of hydrogen-bond donors (Lipinski definition) is 2. The van der Waals surface area contributed by atoms with Crippen LogP contribution in [0.15, 0.2) is 0 Å². The molecule has 0 amide bonds. The van der Waals surface area contributed by atoms with Gasteiger partial charge in [0.2, 0.25) is 0 Å². The molecule has 0 bridgehead atoms. The molecular formula is C11H25ClN2. The van der Waals surface area contributed by atoms with Gasteiger partial charge in [-0.15, -0.1) is 11.6 Å². The van der Waals surface area contributed by atoms with Crippen LogP contribution < -0.4 is 11.1 Å². The second kappa shape index (κ2) is 11.3. The summed E-state index contributed by atoms with van der Waals surface area (Å²) < 4.78 is 0. The zero-order chi connectivity index (χ0) is 10.6. The Kier molecular flexibility index (Phi) is 11.5. The first kappa shape index (κ1) is 14.2. The molecule has 2 nitrogen and oxygen atoms in total. The predicted molar refractivity (Wildman–Crippen MR) is 64.7 cm³/mol. The Balaban J connectivity index is 3.02. The van der Waals surface area contributed by atoms with Crippen LogP contribution in [0.5, 0.6) is 0 Å². The Morgan fingerprint density at radius 3 is 2.50 bits per heavy atom. The van der Waals surface area contributed by atoms with E-state index in [9.17, 15) is 0 Å². The van der Waals surface area contributed by atoms with E-state index in [1.165, 1.54) is 32.1 Å². The lowest BCUT2D eigenvalue weighted by Gasteiger charge is -2.10. The van der Waals surface area contributed by atoms with Crippen LogP contribution in [0.25, 0.3) is 0 Å². The first-order valence-corrected chi connectivity index (χ1v) is 6.32. The number of unbranched alkanes of at least 4 members (excludes halogenated alkanes) is 4. The van der Waals surface area contributed by atoms with Gasteiger partial charge in [0.05, 0.1) is 5.50 Å². The Morgan fingerprint density at radius 1 is 1.14 bits per heavy atom. The highest BCUT2D eigenvalue weighted by Gasteiger charge is 2.00. The first-order valence-electron chi connectivity index (χ1n) is 5.88. The van der Waals surface area contributed by atoms with Crippen molar-refractivity contribution >= 4 is 11.6 Å². The Bertz CT molecular complexity index is 109. The maximum Gasteiger partial charge on any atom is 0.0825 e. The Hall–Kier alpha value is 0.210. The summed E-state index contributed by atoms with van der Waals surface area (Å²) in [5, 5.41) is 3.33. The number of nitrogens with one attached hydrogen (secondary N) is 1. The highest BCUT2D eigenvalue weighted by Crippen LogP contribution is 2.05. The van der Waals surface area contributed by atoms with Crippen molar-refractivity contribution in [1.29, 1.82) is 0 Å². The maximum absolute atomic E-state index is 6.07. The van der Waals surface area contributed by atoms with E-state index in [2.05, 4.69) is 12.2 Å². The van der Waals surface area contributed by atoms with E-state index in [4.69, 9.17) is 17.3 Å². The number of hydrogen-bond acceptors (Lipinski definition) is 2. The van der Waals surface area contributed by atoms with Crippen molar-refractivity contribution in [2.75, 3.05) is 13.1 Å². The summed E-state index contributed by atoms with van der Waals surface area (Å²) in [7, 11) is 0. The summed E-state index contributed by atoms with van der Waals surface area (Å²) in [6.07, 6.45) is 8.41. The second-order valence-electron chi connectivity index (χ2n) is 3.77. The van der Waals surface area contributed by atoms with Crippen LogP contribution >= 0.6 is 11.6 Å². The van der Waals surface area contributed by atoms with Gasteiger partial charge < -0.3 is 11.1 Å². The van der Waals surface area contributed by atoms with Crippen molar-refractivity contribution in [3.8, 4) is 0 Å². The van der Waals surface area contributed by atoms with Crippen LogP contribution in [0.1, 0.15) is 51.9 Å². The third kappa shape index (κ3) is 10.3. The average molecular weight is 221 g/mol. The van der Waals surface area contributed by atoms with Gasteiger partial charge in [0.15, 0.2) is 0 Å². The second-order valence-corrected chi connectivity index (χ2v) is 4.29. The molecule has 3 N–H and O–H groups in total. The standard InChI is InChI=1S/C11H25ClN2/c1-2-3-8-11(12)14-10-7-5-4-6-9-13/h11,14H,2-10,13H2,1H3. The molecule has 0 aliphatic heterocycles. The molecule has 14 heavy (non-hydrogen) atoms. The fraction of sp³-hybridized carbons (Fsp3) is 1.00. The lowest BCUT2D eigenvalue weighted by atomic mass is 10.2. The van der Waals surface area contributed by atoms with E-state index in [-0.39, 0.29) is 5.50 Å². The van der Waals surface area contributed by atoms with Crippen LogP contribution in [-0.2, 0) is 0 Å². The van der Waals surface area contributed by atoms with E-state index < -0.39 is 0 Å². The fourth-order valence-electron chi connectivity index (χ4n) is 1.37. The summed E-state index contributed by atoms with van der Waals surface area (Å²) in [6.45, 7) is 4.06. The minimum atomic E-state index is 0.171. The molecule has 0 aromatic carbocycles. The summed E-state index contributed by atoms with van der Waals surface area (Å²) in [5.74, 6) is 0.